The first-order valence-electron chi connectivity index (χ1n) is 9.84. The van der Waals surface area contributed by atoms with Gasteiger partial charge in [-0.3, -0.25) is 24.2 Å². The van der Waals surface area contributed by atoms with Gasteiger partial charge in [-0.05, 0) is 31.0 Å². The summed E-state index contributed by atoms with van der Waals surface area (Å²) in [5.41, 5.74) is 2.80. The minimum Gasteiger partial charge on any atom is -0.451 e. The Labute approximate surface area is 171 Å². The fraction of sp³-hybridized carbons (Fsp3) is 0.227. The molecule has 0 aliphatic heterocycles. The number of hydrogen-bond acceptors (Lipinski definition) is 6. The number of carbonyl (C=O) groups excluding carboxylic acids is 1. The number of para-hydroxylation sites is 1. The van der Waals surface area contributed by atoms with E-state index in [0.29, 0.717) is 30.0 Å². The van der Waals surface area contributed by atoms with Crippen molar-refractivity contribution in [1.29, 1.82) is 0 Å². The van der Waals surface area contributed by atoms with Crippen LogP contribution in [0.3, 0.4) is 0 Å². The van der Waals surface area contributed by atoms with E-state index in [2.05, 4.69) is 20.4 Å². The summed E-state index contributed by atoms with van der Waals surface area (Å²) in [6.07, 6.45) is 7.24. The van der Waals surface area contributed by atoms with Gasteiger partial charge in [0.05, 0.1) is 18.1 Å². The van der Waals surface area contributed by atoms with E-state index in [1.807, 2.05) is 10.7 Å². The number of carbonyl (C=O) groups is 1. The molecular weight excluding hydrogens is 382 g/mol. The summed E-state index contributed by atoms with van der Waals surface area (Å²) in [5, 5.41) is 7.93. The molecule has 0 saturated heterocycles. The molecule has 8 nitrogen and oxygen atoms in total. The molecule has 4 aromatic rings. The smallest absolute Gasteiger partial charge is 0.287 e. The Morgan fingerprint density at radius 3 is 2.83 bits per heavy atom. The van der Waals surface area contributed by atoms with E-state index < -0.39 is 5.91 Å². The van der Waals surface area contributed by atoms with Crippen LogP contribution in [0.15, 0.2) is 64.2 Å². The quantitative estimate of drug-likeness (QED) is 0.533. The van der Waals surface area contributed by atoms with Crippen LogP contribution in [0.5, 0.6) is 0 Å². The number of rotatable bonds is 6. The van der Waals surface area contributed by atoms with Gasteiger partial charge in [0, 0.05) is 36.6 Å². The highest BCUT2D eigenvalue weighted by Gasteiger charge is 2.28. The lowest BCUT2D eigenvalue weighted by atomic mass is 10.2. The van der Waals surface area contributed by atoms with Crippen molar-refractivity contribution in [3.8, 4) is 11.4 Å². The molecule has 0 spiro atoms. The second-order valence-electron chi connectivity index (χ2n) is 7.27. The van der Waals surface area contributed by atoms with Crippen molar-refractivity contribution in [2.75, 3.05) is 6.54 Å². The summed E-state index contributed by atoms with van der Waals surface area (Å²) in [5.74, 6) is 0.0751. The first-order chi connectivity index (χ1) is 14.7. The SMILES string of the molecule is O=C(NCCn1nc(-c2cnccn2)cc1C1CC1)c1cc(=O)c2ccccc2o1. The Bertz CT molecular complexity index is 1270. The van der Waals surface area contributed by atoms with Gasteiger partial charge in [-0.15, -0.1) is 0 Å². The van der Waals surface area contributed by atoms with Gasteiger partial charge in [0.25, 0.3) is 5.91 Å². The number of benzene rings is 1. The van der Waals surface area contributed by atoms with E-state index in [4.69, 9.17) is 4.42 Å². The maximum Gasteiger partial charge on any atom is 0.287 e. The lowest BCUT2D eigenvalue weighted by Gasteiger charge is -2.08. The zero-order chi connectivity index (χ0) is 20.5. The number of amides is 1. The van der Waals surface area contributed by atoms with Gasteiger partial charge >= 0.3 is 0 Å². The van der Waals surface area contributed by atoms with Crippen molar-refractivity contribution in [3.05, 3.63) is 76.7 Å². The second kappa shape index (κ2) is 7.55. The van der Waals surface area contributed by atoms with Gasteiger partial charge in [-0.1, -0.05) is 12.1 Å². The molecule has 1 amide bonds. The number of nitrogens with one attached hydrogen (secondary N) is 1. The molecule has 30 heavy (non-hydrogen) atoms. The summed E-state index contributed by atoms with van der Waals surface area (Å²) >= 11 is 0. The third-order valence-corrected chi connectivity index (χ3v) is 5.10. The van der Waals surface area contributed by atoms with Crippen molar-refractivity contribution in [1.82, 2.24) is 25.1 Å². The van der Waals surface area contributed by atoms with Crippen LogP contribution in [0.4, 0.5) is 0 Å². The van der Waals surface area contributed by atoms with E-state index in [1.165, 1.54) is 6.07 Å². The van der Waals surface area contributed by atoms with Crippen LogP contribution >= 0.6 is 0 Å². The molecule has 1 aliphatic rings. The molecule has 0 radical (unpaired) electrons. The largest absolute Gasteiger partial charge is 0.451 e. The highest BCUT2D eigenvalue weighted by atomic mass is 16.3. The summed E-state index contributed by atoms with van der Waals surface area (Å²) in [4.78, 5) is 33.1. The highest BCUT2D eigenvalue weighted by molar-refractivity contribution is 5.93. The van der Waals surface area contributed by atoms with Crippen LogP contribution in [0.1, 0.15) is 35.0 Å². The van der Waals surface area contributed by atoms with Crippen LogP contribution < -0.4 is 10.7 Å². The van der Waals surface area contributed by atoms with Gasteiger partial charge in [0.2, 0.25) is 0 Å². The molecule has 1 aliphatic carbocycles. The Kier molecular flexibility index (Phi) is 4.59. The second-order valence-corrected chi connectivity index (χ2v) is 7.27. The van der Waals surface area contributed by atoms with E-state index in [-0.39, 0.29) is 11.2 Å². The summed E-state index contributed by atoms with van der Waals surface area (Å²) in [7, 11) is 0. The highest BCUT2D eigenvalue weighted by Crippen LogP contribution is 2.41. The van der Waals surface area contributed by atoms with Crippen LogP contribution in [0.25, 0.3) is 22.4 Å². The maximum absolute atomic E-state index is 12.5. The fourth-order valence-electron chi connectivity index (χ4n) is 3.45. The minimum atomic E-state index is -0.424. The van der Waals surface area contributed by atoms with Crippen LogP contribution in [0.2, 0.25) is 0 Å². The molecule has 0 unspecified atom stereocenters. The van der Waals surface area contributed by atoms with Crippen LogP contribution in [-0.2, 0) is 6.54 Å². The zero-order valence-electron chi connectivity index (χ0n) is 16.1. The number of hydrogen-bond donors (Lipinski definition) is 1. The van der Waals surface area contributed by atoms with Crippen molar-refractivity contribution in [3.63, 3.8) is 0 Å². The van der Waals surface area contributed by atoms with Gasteiger partial charge in [-0.2, -0.15) is 5.10 Å². The molecule has 150 valence electrons. The predicted octanol–water partition coefficient (Wildman–Crippen LogP) is 2.75. The first kappa shape index (κ1) is 18.2. The summed E-state index contributed by atoms with van der Waals surface area (Å²) < 4.78 is 7.51. The van der Waals surface area contributed by atoms with Crippen molar-refractivity contribution in [2.24, 2.45) is 0 Å². The molecule has 0 atom stereocenters. The molecule has 1 fully saturated rings. The molecule has 1 N–H and O–H groups in total. The van der Waals surface area contributed by atoms with Gasteiger partial charge in [0.1, 0.15) is 17.0 Å². The number of aromatic nitrogens is 4. The van der Waals surface area contributed by atoms with Crippen molar-refractivity contribution >= 4 is 16.9 Å². The molecule has 3 heterocycles. The van der Waals surface area contributed by atoms with E-state index in [0.717, 1.165) is 29.9 Å². The van der Waals surface area contributed by atoms with Gasteiger partial charge < -0.3 is 9.73 Å². The molecule has 0 bridgehead atoms. The first-order valence-corrected chi connectivity index (χ1v) is 9.84. The molecule has 1 aromatic carbocycles. The Morgan fingerprint density at radius 2 is 2.03 bits per heavy atom. The normalized spacial score (nSPS) is 13.5. The number of fused-ring (bicyclic) bond motifs is 1. The van der Waals surface area contributed by atoms with Crippen molar-refractivity contribution < 1.29 is 9.21 Å². The molecule has 8 heteroatoms. The average Bonchev–Trinajstić information content (AvgIpc) is 3.54. The summed E-state index contributed by atoms with van der Waals surface area (Å²) in [6.45, 7) is 0.867. The summed E-state index contributed by atoms with van der Waals surface area (Å²) in [6, 6.07) is 10.1. The molecule has 1 saturated carbocycles. The Hall–Kier alpha value is -3.81. The third-order valence-electron chi connectivity index (χ3n) is 5.10. The average molecular weight is 401 g/mol. The maximum atomic E-state index is 12.5. The topological polar surface area (TPSA) is 103 Å². The molecular formula is C22H19N5O3. The van der Waals surface area contributed by atoms with Crippen LogP contribution in [-0.4, -0.2) is 32.2 Å². The predicted molar refractivity (Wildman–Crippen MR) is 110 cm³/mol. The van der Waals surface area contributed by atoms with E-state index in [1.54, 1.807) is 42.9 Å². The monoisotopic (exact) mass is 401 g/mol. The zero-order valence-corrected chi connectivity index (χ0v) is 16.1. The van der Waals surface area contributed by atoms with E-state index >= 15 is 0 Å². The minimum absolute atomic E-state index is 0.00170. The van der Waals surface area contributed by atoms with Crippen LogP contribution in [0, 0.1) is 0 Å². The fourth-order valence-corrected chi connectivity index (χ4v) is 3.45. The number of nitrogens with zero attached hydrogens (tertiary/aromatic N) is 4. The van der Waals surface area contributed by atoms with Gasteiger partial charge in [0.15, 0.2) is 11.2 Å². The Morgan fingerprint density at radius 1 is 1.17 bits per heavy atom. The van der Waals surface area contributed by atoms with E-state index in [9.17, 15) is 9.59 Å². The van der Waals surface area contributed by atoms with Crippen molar-refractivity contribution in [2.45, 2.75) is 25.3 Å². The molecule has 5 rings (SSSR count). The van der Waals surface area contributed by atoms with Gasteiger partial charge in [-0.25, -0.2) is 0 Å². The third kappa shape index (κ3) is 3.59. The standard InChI is InChI=1S/C22H19N5O3/c28-19-12-21(30-20-4-2-1-3-15(19)20)22(29)25-9-10-27-18(14-5-6-14)11-16(26-27)17-13-23-7-8-24-17/h1-4,7-8,11-14H,5-6,9-10H2,(H,25,29). The molecule has 3 aromatic heterocycles. The Balaban J connectivity index is 1.30. The lowest BCUT2D eigenvalue weighted by molar-refractivity contribution is 0.0924. The lowest BCUT2D eigenvalue weighted by Crippen LogP contribution is -2.28.